The topological polar surface area (TPSA) is 83.1 Å². The van der Waals surface area contributed by atoms with Crippen LogP contribution in [-0.2, 0) is 0 Å². The van der Waals surface area contributed by atoms with Gasteiger partial charge < -0.3 is 9.73 Å². The van der Waals surface area contributed by atoms with Crippen molar-refractivity contribution in [1.82, 2.24) is 5.32 Å². The van der Waals surface area contributed by atoms with Gasteiger partial charge in [0, 0.05) is 10.4 Å². The summed E-state index contributed by atoms with van der Waals surface area (Å²) in [7, 11) is 0. The van der Waals surface area contributed by atoms with E-state index < -0.39 is 17.1 Å². The van der Waals surface area contributed by atoms with Crippen LogP contribution in [-0.4, -0.2) is 11.4 Å². The van der Waals surface area contributed by atoms with Crippen molar-refractivity contribution in [3.63, 3.8) is 0 Å². The minimum absolute atomic E-state index is 0.158. The summed E-state index contributed by atoms with van der Waals surface area (Å²) in [6.45, 7) is 3.33. The van der Waals surface area contributed by atoms with Gasteiger partial charge in [-0.25, -0.2) is 4.79 Å². The number of benzene rings is 1. The van der Waals surface area contributed by atoms with Crippen LogP contribution < -0.4 is 10.9 Å². The van der Waals surface area contributed by atoms with Crippen LogP contribution in [0.5, 0.6) is 0 Å². The Hall–Kier alpha value is -2.03. The second kappa shape index (κ2) is 5.99. The number of rotatable bonds is 3. The lowest BCUT2D eigenvalue weighted by atomic mass is 10.0. The number of carbonyl (C=O) groups is 1. The first-order chi connectivity index (χ1) is 10.3. The summed E-state index contributed by atoms with van der Waals surface area (Å²) in [6, 6.07) is 6.32. The molecule has 0 radical (unpaired) electrons. The van der Waals surface area contributed by atoms with Gasteiger partial charge in [-0.15, -0.1) is 0 Å². The van der Waals surface area contributed by atoms with Gasteiger partial charge in [-0.3, -0.25) is 4.79 Å². The predicted molar refractivity (Wildman–Crippen MR) is 84.3 cm³/mol. The number of carbonyl (C=O) groups excluding carboxylic acids is 1. The fourth-order valence-corrected chi connectivity index (χ4v) is 2.38. The van der Waals surface area contributed by atoms with Crippen molar-refractivity contribution < 1.29 is 9.21 Å². The summed E-state index contributed by atoms with van der Waals surface area (Å²) >= 11 is 11.9. The van der Waals surface area contributed by atoms with Gasteiger partial charge in [0.25, 0.3) is 5.91 Å². The monoisotopic (exact) mass is 338 g/mol. The third-order valence-electron chi connectivity index (χ3n) is 3.34. The van der Waals surface area contributed by atoms with Crippen LogP contribution >= 0.6 is 23.2 Å². The number of amides is 1. The second-order valence-corrected chi connectivity index (χ2v) is 5.85. The Bertz CT molecular complexity index is 854. The number of nitriles is 1. The average Bonchev–Trinajstić information content (AvgIpc) is 2.47. The van der Waals surface area contributed by atoms with E-state index in [0.717, 1.165) is 0 Å². The van der Waals surface area contributed by atoms with Gasteiger partial charge in [-0.05, 0) is 31.5 Å². The highest BCUT2D eigenvalue weighted by Crippen LogP contribution is 2.27. The molecule has 114 valence electrons. The molecule has 1 amide bonds. The number of hydrogen-bond acceptors (Lipinski definition) is 4. The molecule has 1 atom stereocenters. The fraction of sp³-hybridized carbons (Fsp3) is 0.267. The summed E-state index contributed by atoms with van der Waals surface area (Å²) in [4.78, 5) is 24.2. The fourth-order valence-electron chi connectivity index (χ4n) is 1.83. The van der Waals surface area contributed by atoms with E-state index in [4.69, 9.17) is 32.9 Å². The lowest BCUT2D eigenvalue weighted by Gasteiger charge is -2.20. The molecule has 0 bridgehead atoms. The molecule has 1 aromatic heterocycles. The van der Waals surface area contributed by atoms with E-state index in [1.165, 1.54) is 18.2 Å². The molecule has 0 aliphatic carbocycles. The van der Waals surface area contributed by atoms with Crippen LogP contribution in [0, 0.1) is 11.3 Å². The predicted octanol–water partition coefficient (Wildman–Crippen LogP) is 3.52. The highest BCUT2D eigenvalue weighted by Gasteiger charge is 2.26. The molecular weight excluding hydrogens is 327 g/mol. The SMILES string of the molecule is CCC(C)(C#N)NC(=O)c1cc2cc(Cl)cc(Cl)c2oc1=O. The molecule has 2 rings (SSSR count). The second-order valence-electron chi connectivity index (χ2n) is 5.01. The first-order valence-corrected chi connectivity index (χ1v) is 7.22. The number of fused-ring (bicyclic) bond motifs is 1. The molecule has 22 heavy (non-hydrogen) atoms. The number of halogens is 2. The smallest absolute Gasteiger partial charge is 0.349 e. The number of nitrogens with zero attached hydrogens (tertiary/aromatic N) is 1. The maximum atomic E-state index is 12.2. The molecule has 1 N–H and O–H groups in total. The van der Waals surface area contributed by atoms with Crippen molar-refractivity contribution in [2.45, 2.75) is 25.8 Å². The molecule has 0 fully saturated rings. The van der Waals surface area contributed by atoms with Gasteiger partial charge >= 0.3 is 5.63 Å². The maximum absolute atomic E-state index is 12.2. The summed E-state index contributed by atoms with van der Waals surface area (Å²) < 4.78 is 5.09. The molecule has 0 aliphatic rings. The minimum Gasteiger partial charge on any atom is -0.421 e. The molecule has 1 unspecified atom stereocenters. The summed E-state index contributed by atoms with van der Waals surface area (Å²) in [6.07, 6.45) is 0.395. The van der Waals surface area contributed by atoms with Gasteiger partial charge in [0.15, 0.2) is 5.58 Å². The van der Waals surface area contributed by atoms with Crippen molar-refractivity contribution in [2.24, 2.45) is 0 Å². The van der Waals surface area contributed by atoms with Gasteiger partial charge in [0.1, 0.15) is 11.1 Å². The Morgan fingerprint density at radius 3 is 2.68 bits per heavy atom. The molecule has 0 spiro atoms. The van der Waals surface area contributed by atoms with E-state index in [0.29, 0.717) is 16.8 Å². The summed E-state index contributed by atoms with van der Waals surface area (Å²) in [5.41, 5.74) is -1.94. The van der Waals surface area contributed by atoms with E-state index in [1.807, 2.05) is 6.07 Å². The van der Waals surface area contributed by atoms with Crippen molar-refractivity contribution in [1.29, 1.82) is 5.26 Å². The lowest BCUT2D eigenvalue weighted by molar-refractivity contribution is 0.0919. The van der Waals surface area contributed by atoms with Crippen molar-refractivity contribution in [3.8, 4) is 6.07 Å². The normalized spacial score (nSPS) is 13.4. The van der Waals surface area contributed by atoms with Crippen LogP contribution in [0.1, 0.15) is 30.6 Å². The Morgan fingerprint density at radius 2 is 2.09 bits per heavy atom. The zero-order valence-electron chi connectivity index (χ0n) is 11.9. The van der Waals surface area contributed by atoms with E-state index in [9.17, 15) is 9.59 Å². The molecule has 0 saturated heterocycles. The Morgan fingerprint density at radius 1 is 1.41 bits per heavy atom. The zero-order chi connectivity index (χ0) is 16.5. The van der Waals surface area contributed by atoms with Crippen LogP contribution in [0.2, 0.25) is 10.0 Å². The van der Waals surface area contributed by atoms with Crippen LogP contribution in [0.15, 0.2) is 27.4 Å². The zero-order valence-corrected chi connectivity index (χ0v) is 13.4. The van der Waals surface area contributed by atoms with E-state index >= 15 is 0 Å². The van der Waals surface area contributed by atoms with Gasteiger partial charge in [0.05, 0.1) is 11.1 Å². The molecule has 1 aromatic carbocycles. The first-order valence-electron chi connectivity index (χ1n) is 6.46. The molecule has 2 aromatic rings. The average molecular weight is 339 g/mol. The largest absolute Gasteiger partial charge is 0.421 e. The van der Waals surface area contributed by atoms with Gasteiger partial charge in [-0.1, -0.05) is 30.1 Å². The quantitative estimate of drug-likeness (QED) is 0.867. The third-order valence-corrected chi connectivity index (χ3v) is 3.84. The molecular formula is C15H12Cl2N2O3. The number of hydrogen-bond donors (Lipinski definition) is 1. The van der Waals surface area contributed by atoms with Gasteiger partial charge in [-0.2, -0.15) is 5.26 Å². The minimum atomic E-state index is -1.07. The number of nitrogens with one attached hydrogen (secondary N) is 1. The van der Waals surface area contributed by atoms with Crippen molar-refractivity contribution >= 4 is 40.1 Å². The lowest BCUT2D eigenvalue weighted by Crippen LogP contribution is -2.45. The van der Waals surface area contributed by atoms with E-state index in [1.54, 1.807) is 13.8 Å². The summed E-state index contributed by atoms with van der Waals surface area (Å²) in [5.74, 6) is -0.683. The summed E-state index contributed by atoms with van der Waals surface area (Å²) in [5, 5.41) is 12.6. The van der Waals surface area contributed by atoms with E-state index in [-0.39, 0.29) is 16.2 Å². The van der Waals surface area contributed by atoms with Crippen molar-refractivity contribution in [3.05, 3.63) is 44.2 Å². The van der Waals surface area contributed by atoms with E-state index in [2.05, 4.69) is 5.32 Å². The third kappa shape index (κ3) is 3.08. The first kappa shape index (κ1) is 16.3. The molecule has 0 aliphatic heterocycles. The van der Waals surface area contributed by atoms with Crippen LogP contribution in [0.3, 0.4) is 0 Å². The molecule has 0 saturated carbocycles. The Kier molecular flexibility index (Phi) is 4.45. The molecule has 5 nitrogen and oxygen atoms in total. The molecule has 7 heteroatoms. The highest BCUT2D eigenvalue weighted by molar-refractivity contribution is 6.38. The Labute approximate surface area is 136 Å². The Balaban J connectivity index is 2.53. The van der Waals surface area contributed by atoms with Crippen molar-refractivity contribution in [2.75, 3.05) is 0 Å². The highest BCUT2D eigenvalue weighted by atomic mass is 35.5. The standard InChI is InChI=1S/C15H12Cl2N2O3/c1-3-15(2,7-18)19-13(20)10-5-8-4-9(16)6-11(17)12(8)22-14(10)21/h4-6H,3H2,1-2H3,(H,19,20). The van der Waals surface area contributed by atoms with Gasteiger partial charge in [0.2, 0.25) is 0 Å². The van der Waals surface area contributed by atoms with Crippen LogP contribution in [0.25, 0.3) is 11.0 Å². The molecule has 1 heterocycles. The maximum Gasteiger partial charge on any atom is 0.349 e. The van der Waals surface area contributed by atoms with Crippen LogP contribution in [0.4, 0.5) is 0 Å².